The van der Waals surface area contributed by atoms with Gasteiger partial charge in [0.25, 0.3) is 5.91 Å². The van der Waals surface area contributed by atoms with Crippen LogP contribution in [0.5, 0.6) is 0 Å². The topological polar surface area (TPSA) is 110 Å². The maximum atomic E-state index is 12.2. The average molecular weight is 312 g/mol. The minimum atomic E-state index is -1.28. The molecule has 1 aliphatic rings. The number of hydrogen-bond acceptors (Lipinski definition) is 5. The van der Waals surface area contributed by atoms with E-state index in [4.69, 9.17) is 0 Å². The molecule has 0 bridgehead atoms. The predicted molar refractivity (Wildman–Crippen MR) is 76.4 cm³/mol. The van der Waals surface area contributed by atoms with Crippen LogP contribution < -0.4 is 5.32 Å². The highest BCUT2D eigenvalue weighted by Crippen LogP contribution is 2.35. The number of thiophene rings is 1. The normalized spacial score (nSPS) is 25.3. The number of carboxylic acids is 1. The van der Waals surface area contributed by atoms with Crippen LogP contribution in [0.1, 0.15) is 42.3 Å². The third kappa shape index (κ3) is 2.90. The number of carbonyl (C=O) groups is 2. The van der Waals surface area contributed by atoms with E-state index in [0.717, 1.165) is 30.6 Å². The molecule has 7 nitrogen and oxygen atoms in total. The van der Waals surface area contributed by atoms with Crippen LogP contribution in [0.4, 0.5) is 5.00 Å². The van der Waals surface area contributed by atoms with Crippen LogP contribution >= 0.6 is 11.3 Å². The van der Waals surface area contributed by atoms with Crippen molar-refractivity contribution in [3.05, 3.63) is 27.1 Å². The number of nitrogens with one attached hydrogen (secondary N) is 1. The number of carboxylic acid groups (broad SMARTS) is 1. The summed E-state index contributed by atoms with van der Waals surface area (Å²) in [5.41, 5.74) is -1.28. The van der Waals surface area contributed by atoms with E-state index in [1.165, 1.54) is 12.1 Å². The number of aliphatic carboxylic acids is 1. The molecule has 1 fully saturated rings. The summed E-state index contributed by atoms with van der Waals surface area (Å²) in [6, 6.07) is 2.60. The summed E-state index contributed by atoms with van der Waals surface area (Å²) in [7, 11) is 0. The van der Waals surface area contributed by atoms with E-state index in [9.17, 15) is 24.8 Å². The fourth-order valence-electron chi connectivity index (χ4n) is 2.72. The predicted octanol–water partition coefficient (Wildman–Crippen LogP) is 2.42. The number of carbonyl (C=O) groups excluding carboxylic acids is 1. The molecule has 0 aromatic carbocycles. The van der Waals surface area contributed by atoms with Crippen molar-refractivity contribution >= 4 is 28.2 Å². The third-order valence-electron chi connectivity index (χ3n) is 4.01. The highest BCUT2D eigenvalue weighted by Gasteiger charge is 2.46. The SMILES string of the molecule is CC1CCCCC1(NC(=O)c1ccc([N+](=O)[O-])s1)C(=O)O. The Balaban J connectivity index is 2.22. The molecule has 114 valence electrons. The number of nitrogens with zero attached hydrogens (tertiary/aromatic N) is 1. The first-order valence-electron chi connectivity index (χ1n) is 6.67. The van der Waals surface area contributed by atoms with Crippen LogP contribution in [0.2, 0.25) is 0 Å². The summed E-state index contributed by atoms with van der Waals surface area (Å²) in [5.74, 6) is -1.79. The summed E-state index contributed by atoms with van der Waals surface area (Å²) in [6.45, 7) is 1.81. The van der Waals surface area contributed by atoms with Crippen molar-refractivity contribution in [1.82, 2.24) is 5.32 Å². The smallest absolute Gasteiger partial charge is 0.329 e. The van der Waals surface area contributed by atoms with E-state index in [1.807, 2.05) is 6.92 Å². The lowest BCUT2D eigenvalue weighted by molar-refractivity contribution is -0.380. The standard InChI is InChI=1S/C13H16N2O5S/c1-8-4-2-3-7-13(8,12(17)18)14-11(16)9-5-6-10(21-9)15(19)20/h5-6,8H,2-4,7H2,1H3,(H,14,16)(H,17,18). The van der Waals surface area contributed by atoms with Gasteiger partial charge in [-0.15, -0.1) is 0 Å². The molecule has 1 aliphatic carbocycles. The zero-order valence-corrected chi connectivity index (χ0v) is 12.3. The Morgan fingerprint density at radius 2 is 2.19 bits per heavy atom. The minimum absolute atomic E-state index is 0.138. The van der Waals surface area contributed by atoms with Gasteiger partial charge < -0.3 is 10.4 Å². The Hall–Kier alpha value is -1.96. The van der Waals surface area contributed by atoms with E-state index in [2.05, 4.69) is 5.32 Å². The van der Waals surface area contributed by atoms with Gasteiger partial charge in [0.15, 0.2) is 0 Å². The molecule has 1 saturated carbocycles. The molecule has 2 atom stereocenters. The van der Waals surface area contributed by atoms with Gasteiger partial charge in [0, 0.05) is 6.07 Å². The molecule has 1 amide bonds. The summed E-state index contributed by atoms with van der Waals surface area (Å²) in [6.07, 6.45) is 2.79. The zero-order valence-electron chi connectivity index (χ0n) is 11.5. The fraction of sp³-hybridized carbons (Fsp3) is 0.538. The number of rotatable bonds is 4. The van der Waals surface area contributed by atoms with Crippen molar-refractivity contribution in [2.24, 2.45) is 5.92 Å². The summed E-state index contributed by atoms with van der Waals surface area (Å²) in [4.78, 5) is 34.1. The van der Waals surface area contributed by atoms with Gasteiger partial charge in [-0.2, -0.15) is 0 Å². The van der Waals surface area contributed by atoms with Crippen LogP contribution in [-0.2, 0) is 4.79 Å². The first kappa shape index (κ1) is 15.4. The van der Waals surface area contributed by atoms with E-state index in [-0.39, 0.29) is 15.8 Å². The molecule has 1 aromatic heterocycles. The third-order valence-corrected chi connectivity index (χ3v) is 5.05. The van der Waals surface area contributed by atoms with Crippen LogP contribution in [0.25, 0.3) is 0 Å². The molecule has 0 spiro atoms. The molecule has 21 heavy (non-hydrogen) atoms. The van der Waals surface area contributed by atoms with Gasteiger partial charge >= 0.3 is 11.0 Å². The lowest BCUT2D eigenvalue weighted by Crippen LogP contribution is -2.59. The van der Waals surface area contributed by atoms with Crippen molar-refractivity contribution in [2.45, 2.75) is 38.1 Å². The van der Waals surface area contributed by atoms with Crippen molar-refractivity contribution in [1.29, 1.82) is 0 Å². The van der Waals surface area contributed by atoms with Crippen molar-refractivity contribution in [3.8, 4) is 0 Å². The van der Waals surface area contributed by atoms with Crippen molar-refractivity contribution in [3.63, 3.8) is 0 Å². The van der Waals surface area contributed by atoms with Crippen LogP contribution in [0.3, 0.4) is 0 Å². The van der Waals surface area contributed by atoms with Gasteiger partial charge in [-0.05, 0) is 24.8 Å². The van der Waals surface area contributed by atoms with Gasteiger partial charge in [-0.25, -0.2) is 4.79 Å². The second-order valence-electron chi connectivity index (χ2n) is 5.27. The summed E-state index contributed by atoms with van der Waals surface area (Å²) >= 11 is 0.745. The zero-order chi connectivity index (χ0) is 15.6. The van der Waals surface area contributed by atoms with Gasteiger partial charge in [0.1, 0.15) is 5.54 Å². The largest absolute Gasteiger partial charge is 0.479 e. The number of nitro groups is 1. The molecule has 0 saturated heterocycles. The minimum Gasteiger partial charge on any atom is -0.479 e. The second kappa shape index (κ2) is 5.80. The van der Waals surface area contributed by atoms with E-state index < -0.39 is 22.3 Å². The van der Waals surface area contributed by atoms with Crippen LogP contribution in [0.15, 0.2) is 12.1 Å². The average Bonchev–Trinajstić information content (AvgIpc) is 2.91. The molecular formula is C13H16N2O5S. The maximum Gasteiger partial charge on any atom is 0.329 e. The molecular weight excluding hydrogens is 296 g/mol. The Morgan fingerprint density at radius 3 is 2.71 bits per heavy atom. The second-order valence-corrected chi connectivity index (χ2v) is 6.33. The number of amides is 1. The maximum absolute atomic E-state index is 12.2. The monoisotopic (exact) mass is 312 g/mol. The molecule has 8 heteroatoms. The van der Waals surface area contributed by atoms with Crippen LogP contribution in [-0.4, -0.2) is 27.4 Å². The molecule has 2 N–H and O–H groups in total. The Labute approximate surface area is 125 Å². The molecule has 2 unspecified atom stereocenters. The van der Waals surface area contributed by atoms with Gasteiger partial charge in [0.2, 0.25) is 0 Å². The van der Waals surface area contributed by atoms with Gasteiger partial charge in [-0.3, -0.25) is 14.9 Å². The lowest BCUT2D eigenvalue weighted by Gasteiger charge is -2.39. The van der Waals surface area contributed by atoms with Crippen molar-refractivity contribution in [2.75, 3.05) is 0 Å². The lowest BCUT2D eigenvalue weighted by atomic mass is 9.73. The van der Waals surface area contributed by atoms with Crippen molar-refractivity contribution < 1.29 is 19.6 Å². The van der Waals surface area contributed by atoms with Crippen LogP contribution in [0, 0.1) is 16.0 Å². The molecule has 1 heterocycles. The van der Waals surface area contributed by atoms with E-state index in [0.29, 0.717) is 6.42 Å². The molecule has 2 rings (SSSR count). The Kier molecular flexibility index (Phi) is 4.26. The Bertz CT molecular complexity index is 585. The highest BCUT2D eigenvalue weighted by molar-refractivity contribution is 7.17. The Morgan fingerprint density at radius 1 is 1.48 bits per heavy atom. The molecule has 0 aliphatic heterocycles. The van der Waals surface area contributed by atoms with Gasteiger partial charge in [-0.1, -0.05) is 31.1 Å². The molecule has 1 aromatic rings. The molecule has 0 radical (unpaired) electrons. The first-order valence-corrected chi connectivity index (χ1v) is 7.48. The first-order chi connectivity index (χ1) is 9.86. The van der Waals surface area contributed by atoms with E-state index in [1.54, 1.807) is 0 Å². The fourth-order valence-corrected chi connectivity index (χ4v) is 3.43. The van der Waals surface area contributed by atoms with E-state index >= 15 is 0 Å². The summed E-state index contributed by atoms with van der Waals surface area (Å²) in [5, 5.41) is 22.6. The van der Waals surface area contributed by atoms with Gasteiger partial charge in [0.05, 0.1) is 9.80 Å². The summed E-state index contributed by atoms with van der Waals surface area (Å²) < 4.78 is 0. The number of hydrogen-bond donors (Lipinski definition) is 2. The quantitative estimate of drug-likeness (QED) is 0.655. The highest BCUT2D eigenvalue weighted by atomic mass is 32.1.